The van der Waals surface area contributed by atoms with Crippen LogP contribution in [0.25, 0.3) is 0 Å². The highest BCUT2D eigenvalue weighted by Crippen LogP contribution is 2.26. The van der Waals surface area contributed by atoms with Crippen LogP contribution < -0.4 is 0 Å². The summed E-state index contributed by atoms with van der Waals surface area (Å²) in [6, 6.07) is 0. The minimum Gasteiger partial charge on any atom is -0.350 e. The third-order valence-electron chi connectivity index (χ3n) is 3.34. The summed E-state index contributed by atoms with van der Waals surface area (Å²) >= 11 is 0. The lowest BCUT2D eigenvalue weighted by molar-refractivity contribution is -0.119. The standard InChI is InChI=1S/C12H20O3/c13-11-4-2-1-3-10(9-11)5-6-12-14-7-8-15-12/h10,12H,1-9H2. The first-order valence-corrected chi connectivity index (χ1v) is 6.09. The summed E-state index contributed by atoms with van der Waals surface area (Å²) in [6.45, 7) is 1.46. The Morgan fingerprint density at radius 1 is 1.13 bits per heavy atom. The van der Waals surface area contributed by atoms with Gasteiger partial charge < -0.3 is 9.47 Å². The van der Waals surface area contributed by atoms with Gasteiger partial charge in [-0.15, -0.1) is 0 Å². The van der Waals surface area contributed by atoms with Crippen molar-refractivity contribution in [2.45, 2.75) is 51.2 Å². The zero-order valence-corrected chi connectivity index (χ0v) is 9.24. The predicted octanol–water partition coefficient (Wildman–Crippen LogP) is 2.29. The second-order valence-corrected chi connectivity index (χ2v) is 4.60. The molecule has 15 heavy (non-hydrogen) atoms. The van der Waals surface area contributed by atoms with Gasteiger partial charge in [-0.3, -0.25) is 4.79 Å². The summed E-state index contributed by atoms with van der Waals surface area (Å²) < 4.78 is 10.8. The molecule has 3 nitrogen and oxygen atoms in total. The Kier molecular flexibility index (Phi) is 4.15. The molecule has 1 saturated carbocycles. The van der Waals surface area contributed by atoms with Crippen LogP contribution in [0.2, 0.25) is 0 Å². The Balaban J connectivity index is 1.70. The fourth-order valence-corrected chi connectivity index (χ4v) is 2.47. The Morgan fingerprint density at radius 2 is 1.93 bits per heavy atom. The van der Waals surface area contributed by atoms with Gasteiger partial charge in [0.25, 0.3) is 0 Å². The van der Waals surface area contributed by atoms with Gasteiger partial charge >= 0.3 is 0 Å². The lowest BCUT2D eigenvalue weighted by Crippen LogP contribution is -2.12. The van der Waals surface area contributed by atoms with Crippen molar-refractivity contribution in [1.29, 1.82) is 0 Å². The van der Waals surface area contributed by atoms with Gasteiger partial charge in [0.1, 0.15) is 5.78 Å². The second kappa shape index (κ2) is 5.61. The largest absolute Gasteiger partial charge is 0.350 e. The van der Waals surface area contributed by atoms with Crippen molar-refractivity contribution in [2.24, 2.45) is 5.92 Å². The zero-order valence-electron chi connectivity index (χ0n) is 9.24. The Bertz CT molecular complexity index is 209. The molecular weight excluding hydrogens is 192 g/mol. The minimum absolute atomic E-state index is 0.00311. The van der Waals surface area contributed by atoms with Crippen molar-refractivity contribution in [1.82, 2.24) is 0 Å². The lowest BCUT2D eigenvalue weighted by atomic mass is 9.94. The molecule has 0 bridgehead atoms. The average molecular weight is 212 g/mol. The molecule has 1 atom stereocenters. The normalized spacial score (nSPS) is 29.3. The molecule has 1 saturated heterocycles. The number of Topliss-reactive ketones (excluding diaryl/α,β-unsaturated/α-hetero) is 1. The van der Waals surface area contributed by atoms with E-state index in [9.17, 15) is 4.79 Å². The van der Waals surface area contributed by atoms with Crippen LogP contribution in [-0.2, 0) is 14.3 Å². The molecule has 0 aromatic heterocycles. The van der Waals surface area contributed by atoms with Crippen molar-refractivity contribution in [3.8, 4) is 0 Å². The van der Waals surface area contributed by atoms with Crippen molar-refractivity contribution in [3.05, 3.63) is 0 Å². The molecular formula is C12H20O3. The molecule has 2 fully saturated rings. The van der Waals surface area contributed by atoms with Gasteiger partial charge in [-0.05, 0) is 25.2 Å². The van der Waals surface area contributed by atoms with E-state index in [-0.39, 0.29) is 6.29 Å². The van der Waals surface area contributed by atoms with Gasteiger partial charge in [0, 0.05) is 12.8 Å². The lowest BCUT2D eigenvalue weighted by Gasteiger charge is -2.15. The quantitative estimate of drug-likeness (QED) is 0.673. The summed E-state index contributed by atoms with van der Waals surface area (Å²) in [5.41, 5.74) is 0. The molecule has 0 amide bonds. The summed E-state index contributed by atoms with van der Waals surface area (Å²) in [5.74, 6) is 1.03. The van der Waals surface area contributed by atoms with Gasteiger partial charge in [0.2, 0.25) is 0 Å². The van der Waals surface area contributed by atoms with E-state index in [1.807, 2.05) is 0 Å². The van der Waals surface area contributed by atoms with Gasteiger partial charge in [-0.1, -0.05) is 12.8 Å². The van der Waals surface area contributed by atoms with Crippen molar-refractivity contribution < 1.29 is 14.3 Å². The molecule has 0 aromatic rings. The molecule has 1 unspecified atom stereocenters. The van der Waals surface area contributed by atoms with E-state index in [1.54, 1.807) is 0 Å². The third-order valence-corrected chi connectivity index (χ3v) is 3.34. The molecule has 0 spiro atoms. The molecule has 86 valence electrons. The summed E-state index contributed by atoms with van der Waals surface area (Å²) in [6.07, 6.45) is 7.13. The molecule has 0 radical (unpaired) electrons. The van der Waals surface area contributed by atoms with E-state index >= 15 is 0 Å². The van der Waals surface area contributed by atoms with Crippen LogP contribution in [-0.4, -0.2) is 25.3 Å². The monoisotopic (exact) mass is 212 g/mol. The maximum atomic E-state index is 11.4. The first-order valence-electron chi connectivity index (χ1n) is 6.09. The molecule has 2 rings (SSSR count). The maximum absolute atomic E-state index is 11.4. The smallest absolute Gasteiger partial charge is 0.157 e. The van der Waals surface area contributed by atoms with Crippen LogP contribution in [0, 0.1) is 5.92 Å². The number of carbonyl (C=O) groups excluding carboxylic acids is 1. The minimum atomic E-state index is 0.00311. The van der Waals surface area contributed by atoms with Crippen LogP contribution in [0.5, 0.6) is 0 Å². The Morgan fingerprint density at radius 3 is 2.73 bits per heavy atom. The van der Waals surface area contributed by atoms with E-state index in [4.69, 9.17) is 9.47 Å². The first-order chi connectivity index (χ1) is 7.34. The van der Waals surface area contributed by atoms with E-state index in [0.29, 0.717) is 11.7 Å². The summed E-state index contributed by atoms with van der Waals surface area (Å²) in [5, 5.41) is 0. The van der Waals surface area contributed by atoms with Gasteiger partial charge in [0.05, 0.1) is 13.2 Å². The highest BCUT2D eigenvalue weighted by molar-refractivity contribution is 5.78. The average Bonchev–Trinajstić information content (AvgIpc) is 2.65. The number of ether oxygens (including phenoxy) is 2. The van der Waals surface area contributed by atoms with Crippen LogP contribution in [0.1, 0.15) is 44.9 Å². The number of ketones is 1. The molecule has 2 aliphatic rings. The Labute approximate surface area is 91.1 Å². The summed E-state index contributed by atoms with van der Waals surface area (Å²) in [7, 11) is 0. The van der Waals surface area contributed by atoms with Crippen LogP contribution in [0.15, 0.2) is 0 Å². The van der Waals surface area contributed by atoms with E-state index in [2.05, 4.69) is 0 Å². The van der Waals surface area contributed by atoms with Crippen LogP contribution in [0.4, 0.5) is 0 Å². The fraction of sp³-hybridized carbons (Fsp3) is 0.917. The number of carbonyl (C=O) groups is 1. The molecule has 1 aliphatic carbocycles. The molecule has 3 heteroatoms. The number of hydrogen-bond donors (Lipinski definition) is 0. The maximum Gasteiger partial charge on any atom is 0.157 e. The van der Waals surface area contributed by atoms with E-state index in [1.165, 1.54) is 12.8 Å². The topological polar surface area (TPSA) is 35.5 Å². The third kappa shape index (κ3) is 3.58. The zero-order chi connectivity index (χ0) is 10.5. The Hall–Kier alpha value is -0.410. The predicted molar refractivity (Wildman–Crippen MR) is 56.5 cm³/mol. The van der Waals surface area contributed by atoms with Gasteiger partial charge in [0.15, 0.2) is 6.29 Å². The van der Waals surface area contributed by atoms with Crippen LogP contribution in [0.3, 0.4) is 0 Å². The fourth-order valence-electron chi connectivity index (χ4n) is 2.47. The molecule has 0 N–H and O–H groups in total. The molecule has 0 aromatic carbocycles. The van der Waals surface area contributed by atoms with Crippen molar-refractivity contribution in [3.63, 3.8) is 0 Å². The highest BCUT2D eigenvalue weighted by atomic mass is 16.7. The second-order valence-electron chi connectivity index (χ2n) is 4.60. The number of hydrogen-bond acceptors (Lipinski definition) is 3. The van der Waals surface area contributed by atoms with Crippen molar-refractivity contribution in [2.75, 3.05) is 13.2 Å². The SMILES string of the molecule is O=C1CCCCC(CCC2OCCO2)C1. The van der Waals surface area contributed by atoms with Gasteiger partial charge in [-0.2, -0.15) is 0 Å². The van der Waals surface area contributed by atoms with Crippen LogP contribution >= 0.6 is 0 Å². The van der Waals surface area contributed by atoms with E-state index < -0.39 is 0 Å². The number of rotatable bonds is 3. The summed E-state index contributed by atoms with van der Waals surface area (Å²) in [4.78, 5) is 11.4. The molecule has 1 heterocycles. The molecule has 1 aliphatic heterocycles. The van der Waals surface area contributed by atoms with Gasteiger partial charge in [-0.25, -0.2) is 0 Å². The highest BCUT2D eigenvalue weighted by Gasteiger charge is 2.21. The van der Waals surface area contributed by atoms with Crippen molar-refractivity contribution >= 4 is 5.78 Å². The van der Waals surface area contributed by atoms with E-state index in [0.717, 1.165) is 45.3 Å². The first kappa shape index (κ1) is 11.1.